The highest BCUT2D eigenvalue weighted by Gasteiger charge is 2.33. The molecule has 0 N–H and O–H groups in total. The van der Waals surface area contributed by atoms with Crippen molar-refractivity contribution in [3.63, 3.8) is 0 Å². The number of allylic oxidation sites excluding steroid dienone is 1. The summed E-state index contributed by atoms with van der Waals surface area (Å²) in [5.74, 6) is 2.58. The number of nitrogens with zero attached hydrogens (tertiary/aromatic N) is 2. The third-order valence-electron chi connectivity index (χ3n) is 7.32. The summed E-state index contributed by atoms with van der Waals surface area (Å²) in [5, 5.41) is 0. The number of benzene rings is 3. The quantitative estimate of drug-likeness (QED) is 0.364. The van der Waals surface area contributed by atoms with E-state index in [-0.39, 0.29) is 11.6 Å². The highest BCUT2D eigenvalue weighted by Crippen LogP contribution is 2.42. The summed E-state index contributed by atoms with van der Waals surface area (Å²) in [6.45, 7) is 0. The molecule has 0 fully saturated rings. The lowest BCUT2D eigenvalue weighted by atomic mass is 9.83. The minimum absolute atomic E-state index is 0.0955. The molecular formula is C31H28N2O5S. The van der Waals surface area contributed by atoms with Crippen LogP contribution in [-0.2, 0) is 6.42 Å². The molecule has 3 aromatic carbocycles. The molecule has 1 aliphatic carbocycles. The number of methoxy groups -OCH3 is 4. The average molecular weight is 541 g/mol. The van der Waals surface area contributed by atoms with Crippen LogP contribution >= 0.6 is 11.3 Å². The van der Waals surface area contributed by atoms with Crippen LogP contribution in [0.15, 0.2) is 76.0 Å². The summed E-state index contributed by atoms with van der Waals surface area (Å²) < 4.78 is 24.4. The fourth-order valence-corrected chi connectivity index (χ4v) is 6.42. The first-order valence-corrected chi connectivity index (χ1v) is 13.4. The van der Waals surface area contributed by atoms with Crippen molar-refractivity contribution in [1.29, 1.82) is 0 Å². The molecule has 198 valence electrons. The Labute approximate surface area is 229 Å². The van der Waals surface area contributed by atoms with Crippen molar-refractivity contribution in [2.75, 3.05) is 28.4 Å². The van der Waals surface area contributed by atoms with Crippen molar-refractivity contribution >= 4 is 23.1 Å². The van der Waals surface area contributed by atoms with Gasteiger partial charge in [-0.3, -0.25) is 9.36 Å². The third-order valence-corrected chi connectivity index (χ3v) is 8.31. The second-order valence-corrected chi connectivity index (χ2v) is 10.3. The SMILES string of the molecule is COc1ccc(/C=c2/sc3n(c2=O)[C@@H](c2ccc(OC)c(OC)c2)C2=C(N=3)c3ccccc3CC2)c(OC)c1. The van der Waals surface area contributed by atoms with Crippen molar-refractivity contribution < 1.29 is 18.9 Å². The molecule has 0 unspecified atom stereocenters. The number of aromatic nitrogens is 1. The lowest BCUT2D eigenvalue weighted by Gasteiger charge is -2.31. The van der Waals surface area contributed by atoms with Crippen LogP contribution in [0.4, 0.5) is 0 Å². The number of hydrogen-bond acceptors (Lipinski definition) is 7. The highest BCUT2D eigenvalue weighted by molar-refractivity contribution is 7.07. The Morgan fingerprint density at radius 1 is 0.872 bits per heavy atom. The summed E-state index contributed by atoms with van der Waals surface area (Å²) in [4.78, 5) is 19.8. The number of hydrogen-bond donors (Lipinski definition) is 0. The molecule has 0 radical (unpaired) electrons. The van der Waals surface area contributed by atoms with Crippen LogP contribution in [0.5, 0.6) is 23.0 Å². The molecule has 0 bridgehead atoms. The largest absolute Gasteiger partial charge is 0.497 e. The molecule has 0 spiro atoms. The molecule has 6 rings (SSSR count). The minimum atomic E-state index is -0.315. The zero-order valence-electron chi connectivity index (χ0n) is 22.2. The number of ether oxygens (including phenoxy) is 4. The molecule has 4 aromatic rings. The molecular weight excluding hydrogens is 512 g/mol. The predicted molar refractivity (Wildman–Crippen MR) is 152 cm³/mol. The van der Waals surface area contributed by atoms with Crippen LogP contribution in [0, 0.1) is 0 Å². The van der Waals surface area contributed by atoms with Gasteiger partial charge < -0.3 is 18.9 Å². The van der Waals surface area contributed by atoms with Gasteiger partial charge in [-0.05, 0) is 59.9 Å². The van der Waals surface area contributed by atoms with Gasteiger partial charge in [-0.2, -0.15) is 0 Å². The maximum absolute atomic E-state index is 14.1. The summed E-state index contributed by atoms with van der Waals surface area (Å²) in [5.41, 5.74) is 6.12. The van der Waals surface area contributed by atoms with E-state index in [1.807, 2.05) is 53.1 Å². The van der Waals surface area contributed by atoms with Gasteiger partial charge in [0.25, 0.3) is 5.56 Å². The molecule has 8 heteroatoms. The van der Waals surface area contributed by atoms with Gasteiger partial charge >= 0.3 is 0 Å². The van der Waals surface area contributed by atoms with Gasteiger partial charge in [-0.1, -0.05) is 41.7 Å². The van der Waals surface area contributed by atoms with Crippen LogP contribution in [-0.4, -0.2) is 33.0 Å². The zero-order chi connectivity index (χ0) is 27.1. The van der Waals surface area contributed by atoms with Crippen LogP contribution in [0.2, 0.25) is 0 Å². The van der Waals surface area contributed by atoms with Crippen LogP contribution in [0.1, 0.15) is 34.7 Å². The summed E-state index contributed by atoms with van der Waals surface area (Å²) >= 11 is 1.38. The van der Waals surface area contributed by atoms with Gasteiger partial charge in [0.15, 0.2) is 16.3 Å². The normalized spacial score (nSPS) is 16.1. The van der Waals surface area contributed by atoms with Gasteiger partial charge in [0.05, 0.1) is 44.7 Å². The van der Waals surface area contributed by atoms with Gasteiger partial charge in [-0.15, -0.1) is 0 Å². The Morgan fingerprint density at radius 2 is 1.67 bits per heavy atom. The highest BCUT2D eigenvalue weighted by atomic mass is 32.1. The second kappa shape index (κ2) is 10.1. The molecule has 1 aliphatic heterocycles. The van der Waals surface area contributed by atoms with Crippen LogP contribution in [0.25, 0.3) is 11.8 Å². The Hall–Kier alpha value is -4.30. The Morgan fingerprint density at radius 3 is 2.44 bits per heavy atom. The van der Waals surface area contributed by atoms with E-state index < -0.39 is 0 Å². The summed E-state index contributed by atoms with van der Waals surface area (Å²) in [6.07, 6.45) is 3.57. The number of aryl methyl sites for hydroxylation is 1. The first kappa shape index (κ1) is 25.0. The molecule has 0 saturated heterocycles. The number of fused-ring (bicyclic) bond motifs is 3. The molecule has 0 saturated carbocycles. The van der Waals surface area contributed by atoms with Crippen molar-refractivity contribution in [2.45, 2.75) is 18.9 Å². The van der Waals surface area contributed by atoms with E-state index >= 15 is 0 Å². The van der Waals surface area contributed by atoms with E-state index in [4.69, 9.17) is 23.9 Å². The van der Waals surface area contributed by atoms with Gasteiger partial charge in [0, 0.05) is 17.2 Å². The van der Waals surface area contributed by atoms with E-state index in [1.54, 1.807) is 28.4 Å². The Kier molecular flexibility index (Phi) is 6.48. The van der Waals surface area contributed by atoms with E-state index in [0.29, 0.717) is 32.3 Å². The van der Waals surface area contributed by atoms with Gasteiger partial charge in [0.1, 0.15) is 11.5 Å². The third kappa shape index (κ3) is 4.21. The van der Waals surface area contributed by atoms with E-state index in [0.717, 1.165) is 40.8 Å². The van der Waals surface area contributed by atoms with Crippen molar-refractivity contribution in [2.24, 2.45) is 4.99 Å². The zero-order valence-corrected chi connectivity index (χ0v) is 23.0. The minimum Gasteiger partial charge on any atom is -0.497 e. The maximum Gasteiger partial charge on any atom is 0.271 e. The summed E-state index contributed by atoms with van der Waals surface area (Å²) in [6, 6.07) is 19.5. The molecule has 1 atom stereocenters. The molecule has 2 heterocycles. The van der Waals surface area contributed by atoms with Crippen molar-refractivity contribution in [3.8, 4) is 23.0 Å². The van der Waals surface area contributed by atoms with E-state index in [1.165, 1.54) is 16.9 Å². The molecule has 39 heavy (non-hydrogen) atoms. The molecule has 7 nitrogen and oxygen atoms in total. The Bertz CT molecular complexity index is 1800. The second-order valence-electron chi connectivity index (χ2n) is 9.34. The van der Waals surface area contributed by atoms with E-state index in [9.17, 15) is 4.79 Å². The van der Waals surface area contributed by atoms with Gasteiger partial charge in [0.2, 0.25) is 0 Å². The van der Waals surface area contributed by atoms with Crippen molar-refractivity contribution in [3.05, 3.63) is 108 Å². The Balaban J connectivity index is 1.61. The monoisotopic (exact) mass is 540 g/mol. The predicted octanol–water partition coefficient (Wildman–Crippen LogP) is 4.35. The lowest BCUT2D eigenvalue weighted by Crippen LogP contribution is -2.38. The lowest BCUT2D eigenvalue weighted by molar-refractivity contribution is 0.354. The van der Waals surface area contributed by atoms with Crippen molar-refractivity contribution in [1.82, 2.24) is 4.57 Å². The fourth-order valence-electron chi connectivity index (χ4n) is 5.42. The number of rotatable bonds is 6. The first-order valence-electron chi connectivity index (χ1n) is 12.6. The number of thiazole rings is 1. The standard InChI is InChI=1S/C31H28N2O5S/c1-35-21-12-9-19(25(17-21)37-3)16-27-30(34)33-29(20-11-14-24(36-2)26(15-20)38-4)23-13-10-18-7-5-6-8-22(18)28(23)32-31(33)39-27/h5-9,11-12,14-17,29H,10,13H2,1-4H3/b27-16+/t29-/m0/s1. The molecule has 2 aliphatic rings. The topological polar surface area (TPSA) is 71.3 Å². The summed E-state index contributed by atoms with van der Waals surface area (Å²) in [7, 11) is 6.46. The van der Waals surface area contributed by atoms with Crippen LogP contribution < -0.4 is 33.8 Å². The van der Waals surface area contributed by atoms with Crippen LogP contribution in [0.3, 0.4) is 0 Å². The molecule has 1 aromatic heterocycles. The molecule has 0 amide bonds. The smallest absolute Gasteiger partial charge is 0.271 e. The maximum atomic E-state index is 14.1. The van der Waals surface area contributed by atoms with Gasteiger partial charge in [-0.25, -0.2) is 4.99 Å². The van der Waals surface area contributed by atoms with E-state index in [2.05, 4.69) is 18.2 Å². The fraction of sp³-hybridized carbons (Fsp3) is 0.226. The average Bonchev–Trinajstić information content (AvgIpc) is 3.29. The first-order chi connectivity index (χ1) is 19.1.